The van der Waals surface area contributed by atoms with Gasteiger partial charge >= 0.3 is 6.09 Å². The molecule has 1 heterocycles. The number of ether oxygens (including phenoxy) is 2. The van der Waals surface area contributed by atoms with Gasteiger partial charge < -0.3 is 29.9 Å². The van der Waals surface area contributed by atoms with Gasteiger partial charge in [-0.25, -0.2) is 15.7 Å². The fourth-order valence-electron chi connectivity index (χ4n) is 4.30. The monoisotopic (exact) mass is 904 g/mol. The third-order valence-corrected chi connectivity index (χ3v) is 6.91. The van der Waals surface area contributed by atoms with E-state index in [1.807, 2.05) is 0 Å². The van der Waals surface area contributed by atoms with Crippen molar-refractivity contribution in [2.75, 3.05) is 32.0 Å². The first-order valence-electron chi connectivity index (χ1n) is 14.3. The Morgan fingerprint density at radius 1 is 1.13 bits per heavy atom. The van der Waals surface area contributed by atoms with Crippen LogP contribution in [0.5, 0.6) is 5.75 Å². The molecule has 0 unspecified atom stereocenters. The van der Waals surface area contributed by atoms with Crippen LogP contribution in [0.2, 0.25) is 5.02 Å². The number of benzene rings is 2. The van der Waals surface area contributed by atoms with Crippen LogP contribution in [-0.2, 0) is 11.8 Å². The molecular formula is C32H40ClFLrN6O5-2. The summed E-state index contributed by atoms with van der Waals surface area (Å²) in [6.07, 6.45) is 0.367. The summed E-state index contributed by atoms with van der Waals surface area (Å²) in [7, 11) is 7.29. The van der Waals surface area contributed by atoms with Crippen LogP contribution < -0.4 is 15.4 Å². The third kappa shape index (κ3) is 9.93. The Morgan fingerprint density at radius 3 is 2.39 bits per heavy atom. The number of aryl methyl sites for hydroxylation is 2. The van der Waals surface area contributed by atoms with E-state index in [-0.39, 0.29) is 35.0 Å². The van der Waals surface area contributed by atoms with E-state index >= 15 is 0 Å². The van der Waals surface area contributed by atoms with Crippen LogP contribution in [-0.4, -0.2) is 69.8 Å². The van der Waals surface area contributed by atoms with Crippen molar-refractivity contribution in [1.29, 1.82) is 0 Å². The molecule has 46 heavy (non-hydrogen) atoms. The molecule has 3 rings (SSSR count). The van der Waals surface area contributed by atoms with Crippen molar-refractivity contribution >= 4 is 35.3 Å². The molecule has 0 saturated carbocycles. The van der Waals surface area contributed by atoms with Crippen LogP contribution in [0.15, 0.2) is 42.6 Å². The van der Waals surface area contributed by atoms with Gasteiger partial charge in [0, 0.05) is 45.0 Å². The molecular weight excluding hydrogens is 865 g/mol. The van der Waals surface area contributed by atoms with Crippen molar-refractivity contribution in [1.82, 2.24) is 24.9 Å². The van der Waals surface area contributed by atoms with Gasteiger partial charge in [0.2, 0.25) is 0 Å². The van der Waals surface area contributed by atoms with E-state index in [1.165, 1.54) is 30.1 Å². The Morgan fingerprint density at radius 2 is 1.83 bits per heavy atom. The van der Waals surface area contributed by atoms with E-state index < -0.39 is 35.4 Å². The number of amides is 3. The van der Waals surface area contributed by atoms with Gasteiger partial charge in [0.1, 0.15) is 23.3 Å². The number of carbonyl (C=O) groups excluding carboxylic acids is 3. The van der Waals surface area contributed by atoms with Gasteiger partial charge in [0.25, 0.3) is 11.8 Å². The second kappa shape index (κ2) is 15.7. The van der Waals surface area contributed by atoms with Gasteiger partial charge in [-0.15, -0.1) is 0 Å². The summed E-state index contributed by atoms with van der Waals surface area (Å²) < 4.78 is 28.0. The van der Waals surface area contributed by atoms with E-state index in [1.54, 1.807) is 82.2 Å². The number of halogens is 2. The van der Waals surface area contributed by atoms with E-state index in [0.717, 1.165) is 0 Å². The second-order valence-electron chi connectivity index (χ2n) is 11.4. The summed E-state index contributed by atoms with van der Waals surface area (Å²) in [5.41, 5.74) is 0.660. The number of hydrogen-bond acceptors (Lipinski definition) is 7. The van der Waals surface area contributed by atoms with Crippen molar-refractivity contribution in [2.24, 2.45) is 7.05 Å². The van der Waals surface area contributed by atoms with E-state index in [2.05, 4.69) is 22.8 Å². The van der Waals surface area contributed by atoms with Crippen molar-refractivity contribution in [2.45, 2.75) is 46.3 Å². The summed E-state index contributed by atoms with van der Waals surface area (Å²) in [5, 5.41) is 9.41. The summed E-state index contributed by atoms with van der Waals surface area (Å²) in [5.74, 6) is -1.05. The number of hydrogen-bond donors (Lipinski definition) is 2. The van der Waals surface area contributed by atoms with Crippen molar-refractivity contribution in [3.63, 3.8) is 0 Å². The summed E-state index contributed by atoms with van der Waals surface area (Å²) in [6.45, 7) is 11.1. The minimum absolute atomic E-state index is 0. The van der Waals surface area contributed by atoms with Gasteiger partial charge in [0.15, 0.2) is 5.82 Å². The molecule has 2 aromatic carbocycles. The molecule has 2 N–H and O–H groups in total. The van der Waals surface area contributed by atoms with Crippen LogP contribution in [0.3, 0.4) is 0 Å². The standard InChI is InChI=1S/C32H40ClFN6O5.Lr/c1-9-40(31(43)45-32(3,4)5)15-14-38(7)19-27(21-10-11-24(33)25(34)17-21)44-26-16-20(2)22(18-23(26)29(41)35-6)30(42)36-28-12-13-39(8)37-28;/h9-13,16-18,27H,7,14-15,19H2,1-6,8H3,(H,35,41)(H,36,37,42);/q-2;/t27-;/m1./s1. The number of nitrogens with zero attached hydrogens (tertiary/aromatic N) is 4. The van der Waals surface area contributed by atoms with Crippen molar-refractivity contribution in [3.8, 4) is 5.75 Å². The molecule has 1 atom stereocenters. The molecule has 0 saturated heterocycles. The maximum absolute atomic E-state index is 14.6. The van der Waals surface area contributed by atoms with E-state index in [4.69, 9.17) is 21.1 Å². The predicted octanol–water partition coefficient (Wildman–Crippen LogP) is 5.77. The minimum Gasteiger partial charge on any atom is -0.484 e. The Balaban J connectivity index is 0.00000736. The molecule has 0 aliphatic heterocycles. The fraction of sp³-hybridized carbons (Fsp3) is 0.375. The SMILES string of the molecule is [CH2-]N(CCN([CH-]C)C(=O)OC(C)(C)C)C[C@@H](Oc1cc(C)c(C(=O)Nc2ccn(C)n2)cc1C(=O)NC)c1ccc(Cl)c(F)c1.[Lr]. The molecule has 259 valence electrons. The first-order chi connectivity index (χ1) is 21.1. The minimum atomic E-state index is -0.828. The number of carbonyl (C=O) groups is 3. The molecule has 3 aromatic rings. The fourth-order valence-corrected chi connectivity index (χ4v) is 4.42. The summed E-state index contributed by atoms with van der Waals surface area (Å²) >= 11 is 5.95. The zero-order valence-corrected chi connectivity index (χ0v) is 29.8. The largest absolute Gasteiger partial charge is 0.484 e. The van der Waals surface area contributed by atoms with E-state index in [9.17, 15) is 18.8 Å². The van der Waals surface area contributed by atoms with Crippen LogP contribution in [0, 0.1) is 26.3 Å². The van der Waals surface area contributed by atoms with Gasteiger partial charge in [-0.2, -0.15) is 12.0 Å². The summed E-state index contributed by atoms with van der Waals surface area (Å²) in [4.78, 5) is 41.8. The predicted molar refractivity (Wildman–Crippen MR) is 170 cm³/mol. The van der Waals surface area contributed by atoms with Crippen LogP contribution in [0.1, 0.15) is 65.6 Å². The molecule has 0 fully saturated rings. The number of rotatable bonds is 12. The topological polar surface area (TPSA) is 118 Å². The smallest absolute Gasteiger partial charge is 0.380 e. The Hall–Kier alpha value is -5.16. The van der Waals surface area contributed by atoms with Gasteiger partial charge in [-0.3, -0.25) is 21.3 Å². The average molecular weight is 905 g/mol. The normalized spacial score (nSPS) is 11.8. The van der Waals surface area contributed by atoms with Gasteiger partial charge in [-0.1, -0.05) is 17.7 Å². The van der Waals surface area contributed by atoms with Gasteiger partial charge in [-0.05, 0) is 69.6 Å². The zero-order chi connectivity index (χ0) is 33.5. The molecule has 0 spiro atoms. The summed E-state index contributed by atoms with van der Waals surface area (Å²) in [6, 6.07) is 8.98. The molecule has 1 aromatic heterocycles. The molecule has 0 bridgehead atoms. The second-order valence-corrected chi connectivity index (χ2v) is 11.8. The Kier molecular flexibility index (Phi) is 12.7. The van der Waals surface area contributed by atoms with Crippen LogP contribution in [0.4, 0.5) is 15.0 Å². The molecule has 11 nitrogen and oxygen atoms in total. The Bertz CT molecular complexity index is 1530. The van der Waals surface area contributed by atoms with Crippen LogP contribution >= 0.6 is 11.6 Å². The first kappa shape index (κ1) is 37.0. The Labute approximate surface area is 268 Å². The first-order valence-corrected chi connectivity index (χ1v) is 14.6. The number of nitrogens with one attached hydrogen (secondary N) is 2. The average Bonchev–Trinajstić information content (AvgIpc) is 3.37. The molecule has 1 radical (unpaired) electrons. The zero-order valence-electron chi connectivity index (χ0n) is 26.9. The third-order valence-electron chi connectivity index (χ3n) is 6.60. The van der Waals surface area contributed by atoms with E-state index in [0.29, 0.717) is 23.5 Å². The van der Waals surface area contributed by atoms with Crippen molar-refractivity contribution < 1.29 is 28.2 Å². The van der Waals surface area contributed by atoms with Crippen LogP contribution in [0.25, 0.3) is 0 Å². The maximum atomic E-state index is 14.6. The van der Waals surface area contributed by atoms with Crippen molar-refractivity contribution in [3.05, 3.63) is 89.3 Å². The van der Waals surface area contributed by atoms with Gasteiger partial charge in [0.05, 0.1) is 10.6 Å². The molecule has 3 amide bonds. The number of anilines is 1. The molecule has 14 heteroatoms. The molecule has 0 aliphatic carbocycles. The number of aromatic nitrogens is 2. The maximum Gasteiger partial charge on any atom is 0.380 e. The molecule has 0 aliphatic rings. The quantitative estimate of drug-likeness (QED) is 0.222.